The number of benzene rings is 1. The van der Waals surface area contributed by atoms with E-state index in [2.05, 4.69) is 32.2 Å². The van der Waals surface area contributed by atoms with Gasteiger partial charge in [-0.3, -0.25) is 9.59 Å². The van der Waals surface area contributed by atoms with E-state index in [1.165, 1.54) is 0 Å². The SMILES string of the molecule is CCC(C)c1ccccc1NC(=O)C1CSC2(C)CCC(=O)N12. The standard InChI is InChI=1S/C18H24N2O2S/c1-4-12(2)13-7-5-6-8-14(13)19-17(22)15-11-23-18(3)10-9-16(21)20(15)18/h5-8,12,15H,4,9-11H2,1-3H3,(H,19,22). The van der Waals surface area contributed by atoms with E-state index < -0.39 is 0 Å². The highest BCUT2D eigenvalue weighted by Gasteiger charge is 2.52. The topological polar surface area (TPSA) is 49.4 Å². The Labute approximate surface area is 142 Å². The van der Waals surface area contributed by atoms with Crippen LogP contribution < -0.4 is 5.32 Å². The molecule has 0 bridgehead atoms. The van der Waals surface area contributed by atoms with Gasteiger partial charge >= 0.3 is 0 Å². The lowest BCUT2D eigenvalue weighted by Crippen LogP contribution is -2.48. The summed E-state index contributed by atoms with van der Waals surface area (Å²) < 4.78 is 0. The van der Waals surface area contributed by atoms with Crippen molar-refractivity contribution < 1.29 is 9.59 Å². The highest BCUT2D eigenvalue weighted by atomic mass is 32.2. The van der Waals surface area contributed by atoms with E-state index in [0.29, 0.717) is 18.1 Å². The number of anilines is 1. The lowest BCUT2D eigenvalue weighted by molar-refractivity contribution is -0.135. The fraction of sp³-hybridized carbons (Fsp3) is 0.556. The van der Waals surface area contributed by atoms with Gasteiger partial charge in [0.15, 0.2) is 0 Å². The average molecular weight is 332 g/mol. The summed E-state index contributed by atoms with van der Waals surface area (Å²) >= 11 is 1.73. The Bertz CT molecular complexity index is 633. The Morgan fingerprint density at radius 2 is 2.22 bits per heavy atom. The molecule has 1 aromatic rings. The first-order chi connectivity index (χ1) is 11.0. The van der Waals surface area contributed by atoms with Gasteiger partial charge in [-0.05, 0) is 37.3 Å². The summed E-state index contributed by atoms with van der Waals surface area (Å²) in [5.41, 5.74) is 2.03. The summed E-state index contributed by atoms with van der Waals surface area (Å²) in [5, 5.41) is 3.07. The first kappa shape index (κ1) is 16.4. The number of thioether (sulfide) groups is 1. The van der Waals surface area contributed by atoms with Gasteiger partial charge in [0.25, 0.3) is 0 Å². The zero-order valence-electron chi connectivity index (χ0n) is 14.0. The fourth-order valence-corrected chi connectivity index (χ4v) is 4.92. The normalized spacial score (nSPS) is 27.9. The first-order valence-corrected chi connectivity index (χ1v) is 9.30. The van der Waals surface area contributed by atoms with Gasteiger partial charge in [-0.25, -0.2) is 0 Å². The molecule has 2 amide bonds. The van der Waals surface area contributed by atoms with E-state index in [-0.39, 0.29) is 22.7 Å². The molecule has 2 aliphatic heterocycles. The third kappa shape index (κ3) is 2.87. The molecule has 124 valence electrons. The molecular weight excluding hydrogens is 308 g/mol. The summed E-state index contributed by atoms with van der Waals surface area (Å²) in [7, 11) is 0. The molecule has 4 nitrogen and oxygen atoms in total. The van der Waals surface area contributed by atoms with Crippen molar-refractivity contribution in [2.45, 2.75) is 56.9 Å². The minimum Gasteiger partial charge on any atom is -0.324 e. The fourth-order valence-electron chi connectivity index (χ4n) is 3.49. The molecule has 1 N–H and O–H groups in total. The van der Waals surface area contributed by atoms with Crippen LogP contribution in [0.4, 0.5) is 5.69 Å². The highest BCUT2D eigenvalue weighted by molar-refractivity contribution is 8.01. The maximum absolute atomic E-state index is 12.8. The smallest absolute Gasteiger partial charge is 0.248 e. The molecule has 3 rings (SSSR count). The molecule has 0 aliphatic carbocycles. The second-order valence-electron chi connectivity index (χ2n) is 6.65. The van der Waals surface area contributed by atoms with Crippen molar-refractivity contribution in [1.82, 2.24) is 4.90 Å². The van der Waals surface area contributed by atoms with Gasteiger partial charge in [-0.1, -0.05) is 32.0 Å². The summed E-state index contributed by atoms with van der Waals surface area (Å²) in [6.45, 7) is 6.38. The summed E-state index contributed by atoms with van der Waals surface area (Å²) in [5.74, 6) is 1.11. The second kappa shape index (κ2) is 6.19. The Kier molecular flexibility index (Phi) is 4.41. The molecule has 2 aliphatic rings. The minimum absolute atomic E-state index is 0.0628. The summed E-state index contributed by atoms with van der Waals surface area (Å²) in [4.78, 5) is 26.6. The van der Waals surface area contributed by atoms with Crippen LogP contribution >= 0.6 is 11.8 Å². The Morgan fingerprint density at radius 1 is 1.48 bits per heavy atom. The van der Waals surface area contributed by atoms with Crippen molar-refractivity contribution >= 4 is 29.3 Å². The molecule has 0 spiro atoms. The third-order valence-electron chi connectivity index (χ3n) is 5.11. The van der Waals surface area contributed by atoms with Crippen molar-refractivity contribution in [3.63, 3.8) is 0 Å². The van der Waals surface area contributed by atoms with Gasteiger partial charge < -0.3 is 10.2 Å². The zero-order chi connectivity index (χ0) is 16.6. The predicted molar refractivity (Wildman–Crippen MR) is 94.5 cm³/mol. The van der Waals surface area contributed by atoms with Crippen LogP contribution in [0.15, 0.2) is 24.3 Å². The Balaban J connectivity index is 1.79. The van der Waals surface area contributed by atoms with Gasteiger partial charge in [-0.15, -0.1) is 11.8 Å². The molecule has 2 fully saturated rings. The quantitative estimate of drug-likeness (QED) is 0.916. The monoisotopic (exact) mass is 332 g/mol. The van der Waals surface area contributed by atoms with Crippen LogP contribution in [0.5, 0.6) is 0 Å². The van der Waals surface area contributed by atoms with Crippen LogP contribution in [0, 0.1) is 0 Å². The number of amides is 2. The summed E-state index contributed by atoms with van der Waals surface area (Å²) in [6, 6.07) is 7.61. The molecule has 23 heavy (non-hydrogen) atoms. The Morgan fingerprint density at radius 3 is 2.96 bits per heavy atom. The number of carbonyl (C=O) groups is 2. The molecule has 1 aromatic carbocycles. The highest BCUT2D eigenvalue weighted by Crippen LogP contribution is 2.47. The molecule has 2 heterocycles. The van der Waals surface area contributed by atoms with Crippen molar-refractivity contribution in [1.29, 1.82) is 0 Å². The van der Waals surface area contributed by atoms with Crippen LogP contribution in [-0.4, -0.2) is 33.4 Å². The lowest BCUT2D eigenvalue weighted by Gasteiger charge is -2.30. The molecule has 0 radical (unpaired) electrons. The largest absolute Gasteiger partial charge is 0.324 e. The van der Waals surface area contributed by atoms with Crippen LogP contribution in [0.1, 0.15) is 51.5 Å². The second-order valence-corrected chi connectivity index (χ2v) is 8.15. The van der Waals surface area contributed by atoms with E-state index in [9.17, 15) is 9.59 Å². The molecule has 5 heteroatoms. The van der Waals surface area contributed by atoms with Crippen LogP contribution in [0.2, 0.25) is 0 Å². The lowest BCUT2D eigenvalue weighted by atomic mass is 9.97. The number of nitrogens with zero attached hydrogens (tertiary/aromatic N) is 1. The van der Waals surface area contributed by atoms with Crippen LogP contribution in [0.3, 0.4) is 0 Å². The number of fused-ring (bicyclic) bond motifs is 1. The van der Waals surface area contributed by atoms with Crippen LogP contribution in [-0.2, 0) is 9.59 Å². The summed E-state index contributed by atoms with van der Waals surface area (Å²) in [6.07, 6.45) is 2.41. The number of nitrogens with one attached hydrogen (secondary N) is 1. The first-order valence-electron chi connectivity index (χ1n) is 8.32. The van der Waals surface area contributed by atoms with Crippen molar-refractivity contribution in [2.24, 2.45) is 0 Å². The number of hydrogen-bond acceptors (Lipinski definition) is 3. The molecule has 3 atom stereocenters. The van der Waals surface area contributed by atoms with E-state index in [1.54, 1.807) is 16.7 Å². The predicted octanol–water partition coefficient (Wildman–Crippen LogP) is 3.59. The number of rotatable bonds is 4. The third-order valence-corrected chi connectivity index (χ3v) is 6.61. The molecular formula is C18H24N2O2S. The van der Waals surface area contributed by atoms with Gasteiger partial charge in [0, 0.05) is 17.9 Å². The minimum atomic E-state index is -0.356. The van der Waals surface area contributed by atoms with Crippen molar-refractivity contribution in [3.8, 4) is 0 Å². The molecule has 3 unspecified atom stereocenters. The van der Waals surface area contributed by atoms with E-state index in [4.69, 9.17) is 0 Å². The number of carbonyl (C=O) groups excluding carboxylic acids is 2. The Hall–Kier alpha value is -1.49. The van der Waals surface area contributed by atoms with Crippen molar-refractivity contribution in [3.05, 3.63) is 29.8 Å². The molecule has 2 saturated heterocycles. The molecule has 0 saturated carbocycles. The van der Waals surface area contributed by atoms with Gasteiger partial charge in [0.05, 0.1) is 4.87 Å². The van der Waals surface area contributed by atoms with E-state index in [0.717, 1.165) is 24.1 Å². The molecule has 0 aromatic heterocycles. The van der Waals surface area contributed by atoms with Crippen molar-refractivity contribution in [2.75, 3.05) is 11.1 Å². The van der Waals surface area contributed by atoms with E-state index >= 15 is 0 Å². The van der Waals surface area contributed by atoms with Crippen LogP contribution in [0.25, 0.3) is 0 Å². The van der Waals surface area contributed by atoms with E-state index in [1.807, 2.05) is 18.2 Å². The zero-order valence-corrected chi connectivity index (χ0v) is 14.8. The maximum Gasteiger partial charge on any atom is 0.248 e. The van der Waals surface area contributed by atoms with Gasteiger partial charge in [0.2, 0.25) is 11.8 Å². The van der Waals surface area contributed by atoms with Gasteiger partial charge in [0.1, 0.15) is 6.04 Å². The number of hydrogen-bond donors (Lipinski definition) is 1. The average Bonchev–Trinajstić information content (AvgIpc) is 3.04. The maximum atomic E-state index is 12.8. The van der Waals surface area contributed by atoms with Gasteiger partial charge in [-0.2, -0.15) is 0 Å². The number of para-hydroxylation sites is 1.